The average Bonchev–Trinajstić information content (AvgIpc) is 3.15. The molecule has 144 valence electrons. The number of rotatable bonds is 3. The van der Waals surface area contributed by atoms with Crippen LogP contribution in [0.15, 0.2) is 70.7 Å². The number of nitrogens with one attached hydrogen (secondary N) is 1. The van der Waals surface area contributed by atoms with Crippen LogP contribution in [0.1, 0.15) is 5.76 Å². The van der Waals surface area contributed by atoms with E-state index in [4.69, 9.17) is 16.0 Å². The molecule has 29 heavy (non-hydrogen) atoms. The van der Waals surface area contributed by atoms with E-state index in [1.165, 1.54) is 18.2 Å². The first-order chi connectivity index (χ1) is 13.9. The van der Waals surface area contributed by atoms with E-state index in [2.05, 4.69) is 5.32 Å². The van der Waals surface area contributed by atoms with Gasteiger partial charge in [0.2, 0.25) is 0 Å². The second-order valence-corrected chi connectivity index (χ2v) is 6.52. The molecule has 3 aromatic rings. The summed E-state index contributed by atoms with van der Waals surface area (Å²) < 4.78 is 18.8. The van der Waals surface area contributed by atoms with Crippen molar-refractivity contribution in [3.05, 3.63) is 82.8 Å². The largest absolute Gasteiger partial charge is 0.457 e. The van der Waals surface area contributed by atoms with Gasteiger partial charge in [-0.3, -0.25) is 14.9 Å². The first-order valence-corrected chi connectivity index (χ1v) is 8.83. The highest BCUT2D eigenvalue weighted by Crippen LogP contribution is 2.30. The monoisotopic (exact) mass is 410 g/mol. The molecule has 4 amide bonds. The Balaban J connectivity index is 1.68. The SMILES string of the molecule is O=C1NC(=O)N(c2ccc(F)cc2)C(=O)/C1=C\c1ccc(-c2ccccc2Cl)o1. The van der Waals surface area contributed by atoms with Gasteiger partial charge in [0.1, 0.15) is 22.9 Å². The minimum Gasteiger partial charge on any atom is -0.457 e. The zero-order chi connectivity index (χ0) is 20.5. The third kappa shape index (κ3) is 3.55. The number of halogens is 2. The van der Waals surface area contributed by atoms with Crippen LogP contribution < -0.4 is 10.2 Å². The minimum absolute atomic E-state index is 0.128. The van der Waals surface area contributed by atoms with Crippen molar-refractivity contribution < 1.29 is 23.2 Å². The Morgan fingerprint density at radius 2 is 1.69 bits per heavy atom. The summed E-state index contributed by atoms with van der Waals surface area (Å²) in [5.41, 5.74) is 0.485. The lowest BCUT2D eigenvalue weighted by Crippen LogP contribution is -2.54. The number of amides is 4. The third-order valence-electron chi connectivity index (χ3n) is 4.24. The second kappa shape index (κ2) is 7.37. The molecule has 1 aliphatic rings. The molecule has 1 aliphatic heterocycles. The van der Waals surface area contributed by atoms with Crippen molar-refractivity contribution in [3.8, 4) is 11.3 Å². The summed E-state index contributed by atoms with van der Waals surface area (Å²) in [6.45, 7) is 0. The van der Waals surface area contributed by atoms with Crippen LogP contribution in [0.5, 0.6) is 0 Å². The average molecular weight is 411 g/mol. The first-order valence-electron chi connectivity index (χ1n) is 8.46. The Labute approximate surface area is 169 Å². The number of anilines is 1. The Bertz CT molecular complexity index is 1170. The van der Waals surface area contributed by atoms with Crippen LogP contribution in [-0.4, -0.2) is 17.8 Å². The second-order valence-electron chi connectivity index (χ2n) is 6.12. The van der Waals surface area contributed by atoms with Crippen molar-refractivity contribution in [2.24, 2.45) is 0 Å². The number of benzene rings is 2. The van der Waals surface area contributed by atoms with E-state index in [-0.39, 0.29) is 17.0 Å². The molecule has 0 radical (unpaired) electrons. The van der Waals surface area contributed by atoms with E-state index in [0.29, 0.717) is 16.3 Å². The number of nitrogens with zero attached hydrogens (tertiary/aromatic N) is 1. The van der Waals surface area contributed by atoms with E-state index in [9.17, 15) is 18.8 Å². The van der Waals surface area contributed by atoms with Gasteiger partial charge in [-0.05, 0) is 54.6 Å². The molecule has 1 saturated heterocycles. The van der Waals surface area contributed by atoms with Crippen molar-refractivity contribution in [3.63, 3.8) is 0 Å². The number of barbiturate groups is 1. The lowest BCUT2D eigenvalue weighted by Gasteiger charge is -2.26. The molecule has 0 saturated carbocycles. The predicted octanol–water partition coefficient (Wildman–Crippen LogP) is 4.41. The summed E-state index contributed by atoms with van der Waals surface area (Å²) in [6.07, 6.45) is 1.24. The summed E-state index contributed by atoms with van der Waals surface area (Å²) in [5.74, 6) is -1.53. The van der Waals surface area contributed by atoms with Crippen LogP contribution >= 0.6 is 11.6 Å². The highest BCUT2D eigenvalue weighted by atomic mass is 35.5. The predicted molar refractivity (Wildman–Crippen MR) is 105 cm³/mol. The smallest absolute Gasteiger partial charge is 0.335 e. The van der Waals surface area contributed by atoms with Crippen molar-refractivity contribution >= 4 is 41.2 Å². The van der Waals surface area contributed by atoms with Gasteiger partial charge in [0, 0.05) is 5.56 Å². The summed E-state index contributed by atoms with van der Waals surface area (Å²) in [4.78, 5) is 37.9. The van der Waals surface area contributed by atoms with Crippen LogP contribution in [0, 0.1) is 5.82 Å². The van der Waals surface area contributed by atoms with Gasteiger partial charge in [-0.15, -0.1) is 0 Å². The van der Waals surface area contributed by atoms with Crippen molar-refractivity contribution in [1.29, 1.82) is 0 Å². The van der Waals surface area contributed by atoms with E-state index >= 15 is 0 Å². The van der Waals surface area contributed by atoms with E-state index in [1.807, 2.05) is 0 Å². The molecule has 2 heterocycles. The van der Waals surface area contributed by atoms with Gasteiger partial charge in [0.05, 0.1) is 10.7 Å². The molecular weight excluding hydrogens is 399 g/mol. The number of furan rings is 1. The first kappa shape index (κ1) is 18.6. The molecular formula is C21H12ClFN2O4. The van der Waals surface area contributed by atoms with Crippen LogP contribution in [0.2, 0.25) is 5.02 Å². The summed E-state index contributed by atoms with van der Waals surface area (Å²) in [6, 6.07) is 14.1. The lowest BCUT2D eigenvalue weighted by atomic mass is 10.1. The number of carbonyl (C=O) groups excluding carboxylic acids is 3. The van der Waals surface area contributed by atoms with Crippen LogP contribution in [0.4, 0.5) is 14.9 Å². The summed E-state index contributed by atoms with van der Waals surface area (Å²) in [5, 5.41) is 2.58. The zero-order valence-electron chi connectivity index (χ0n) is 14.7. The van der Waals surface area contributed by atoms with Gasteiger partial charge in [-0.25, -0.2) is 14.1 Å². The molecule has 1 N–H and O–H groups in total. The Morgan fingerprint density at radius 1 is 0.966 bits per heavy atom. The normalized spacial score (nSPS) is 15.7. The highest BCUT2D eigenvalue weighted by molar-refractivity contribution is 6.39. The summed E-state index contributed by atoms with van der Waals surface area (Å²) >= 11 is 6.16. The molecule has 0 atom stereocenters. The molecule has 1 fully saturated rings. The summed E-state index contributed by atoms with van der Waals surface area (Å²) in [7, 11) is 0. The maximum Gasteiger partial charge on any atom is 0.335 e. The fourth-order valence-corrected chi connectivity index (χ4v) is 3.09. The molecule has 8 heteroatoms. The molecule has 0 bridgehead atoms. The molecule has 4 rings (SSSR count). The van der Waals surface area contributed by atoms with Gasteiger partial charge >= 0.3 is 6.03 Å². The number of carbonyl (C=O) groups is 3. The van der Waals surface area contributed by atoms with Gasteiger partial charge in [0.15, 0.2) is 0 Å². The van der Waals surface area contributed by atoms with Crippen LogP contribution in [-0.2, 0) is 9.59 Å². The maximum atomic E-state index is 13.2. The fraction of sp³-hybridized carbons (Fsp3) is 0. The van der Waals surface area contributed by atoms with Crippen molar-refractivity contribution in [2.45, 2.75) is 0 Å². The van der Waals surface area contributed by atoms with Gasteiger partial charge < -0.3 is 4.42 Å². The maximum absolute atomic E-state index is 13.2. The standard InChI is InChI=1S/C21H12ClFN2O4/c22-17-4-2-1-3-15(17)18-10-9-14(29-18)11-16-19(26)24-21(28)25(20(16)27)13-7-5-12(23)6-8-13/h1-11H,(H,24,26,28)/b16-11-. The fourth-order valence-electron chi connectivity index (χ4n) is 2.86. The quantitative estimate of drug-likeness (QED) is 0.512. The van der Waals surface area contributed by atoms with Crippen LogP contribution in [0.25, 0.3) is 17.4 Å². The van der Waals surface area contributed by atoms with Gasteiger partial charge in [-0.2, -0.15) is 0 Å². The lowest BCUT2D eigenvalue weighted by molar-refractivity contribution is -0.122. The van der Waals surface area contributed by atoms with E-state index in [0.717, 1.165) is 17.0 Å². The zero-order valence-corrected chi connectivity index (χ0v) is 15.4. The molecule has 6 nitrogen and oxygen atoms in total. The highest BCUT2D eigenvalue weighted by Gasteiger charge is 2.37. The third-order valence-corrected chi connectivity index (χ3v) is 4.57. The Morgan fingerprint density at radius 3 is 2.41 bits per heavy atom. The van der Waals surface area contributed by atoms with Gasteiger partial charge in [-0.1, -0.05) is 23.7 Å². The Kier molecular flexibility index (Phi) is 4.74. The van der Waals surface area contributed by atoms with Crippen LogP contribution in [0.3, 0.4) is 0 Å². The minimum atomic E-state index is -0.917. The van der Waals surface area contributed by atoms with Crippen molar-refractivity contribution in [2.75, 3.05) is 4.90 Å². The number of imide groups is 2. The van der Waals surface area contributed by atoms with Crippen molar-refractivity contribution in [1.82, 2.24) is 5.32 Å². The molecule has 2 aromatic carbocycles. The Hall–Kier alpha value is -3.71. The molecule has 0 spiro atoms. The molecule has 1 aromatic heterocycles. The number of urea groups is 1. The number of hydrogen-bond acceptors (Lipinski definition) is 4. The number of hydrogen-bond donors (Lipinski definition) is 1. The molecule has 0 unspecified atom stereocenters. The topological polar surface area (TPSA) is 79.6 Å². The van der Waals surface area contributed by atoms with Gasteiger partial charge in [0.25, 0.3) is 11.8 Å². The van der Waals surface area contributed by atoms with E-state index in [1.54, 1.807) is 36.4 Å². The molecule has 0 aliphatic carbocycles. The van der Waals surface area contributed by atoms with E-state index < -0.39 is 23.7 Å².